The molecule has 3 heteroatoms. The van der Waals surface area contributed by atoms with Crippen LogP contribution in [0, 0.1) is 13.8 Å². The SMILES string of the molecule is COc1c(C)c(C)cc(CCN)c1O. The van der Waals surface area contributed by atoms with Gasteiger partial charge in [-0.15, -0.1) is 0 Å². The first kappa shape index (κ1) is 10.9. The van der Waals surface area contributed by atoms with Crippen LogP contribution in [-0.4, -0.2) is 18.8 Å². The largest absolute Gasteiger partial charge is 0.504 e. The summed E-state index contributed by atoms with van der Waals surface area (Å²) in [6.45, 7) is 4.45. The third-order valence-electron chi connectivity index (χ3n) is 2.46. The molecule has 0 heterocycles. The minimum absolute atomic E-state index is 0.223. The normalized spacial score (nSPS) is 10.3. The smallest absolute Gasteiger partial charge is 0.163 e. The summed E-state index contributed by atoms with van der Waals surface area (Å²) in [6, 6.07) is 1.96. The van der Waals surface area contributed by atoms with Crippen molar-refractivity contribution in [2.45, 2.75) is 20.3 Å². The molecular formula is C11H17NO2. The molecule has 0 fully saturated rings. The van der Waals surface area contributed by atoms with Crippen LogP contribution in [0.15, 0.2) is 6.07 Å². The number of hydrogen-bond donors (Lipinski definition) is 2. The second kappa shape index (κ2) is 4.33. The van der Waals surface area contributed by atoms with E-state index in [2.05, 4.69) is 0 Å². The minimum atomic E-state index is 0.223. The lowest BCUT2D eigenvalue weighted by Gasteiger charge is -2.13. The summed E-state index contributed by atoms with van der Waals surface area (Å²) in [6.07, 6.45) is 0.670. The number of phenolic OH excluding ortho intramolecular Hbond substituents is 1. The highest BCUT2D eigenvalue weighted by Crippen LogP contribution is 2.35. The number of aromatic hydroxyl groups is 1. The number of nitrogens with two attached hydrogens (primary N) is 1. The molecule has 0 spiro atoms. The molecule has 3 nitrogen and oxygen atoms in total. The van der Waals surface area contributed by atoms with Crippen molar-refractivity contribution in [1.29, 1.82) is 0 Å². The van der Waals surface area contributed by atoms with Gasteiger partial charge in [-0.2, -0.15) is 0 Å². The fraction of sp³-hybridized carbons (Fsp3) is 0.455. The third-order valence-corrected chi connectivity index (χ3v) is 2.46. The Morgan fingerprint density at radius 1 is 1.43 bits per heavy atom. The van der Waals surface area contributed by atoms with Crippen molar-refractivity contribution in [3.8, 4) is 11.5 Å². The standard InChI is InChI=1S/C11H17NO2/c1-7-6-9(4-5-12)10(13)11(14-3)8(7)2/h6,13H,4-5,12H2,1-3H3. The Bertz CT molecular complexity index is 335. The molecule has 0 aliphatic carbocycles. The molecular weight excluding hydrogens is 178 g/mol. The lowest BCUT2D eigenvalue weighted by Crippen LogP contribution is -2.04. The summed E-state index contributed by atoms with van der Waals surface area (Å²) < 4.78 is 5.15. The van der Waals surface area contributed by atoms with Crippen LogP contribution in [0.25, 0.3) is 0 Å². The van der Waals surface area contributed by atoms with Gasteiger partial charge < -0.3 is 15.6 Å². The Morgan fingerprint density at radius 3 is 2.57 bits per heavy atom. The molecule has 0 saturated carbocycles. The summed E-state index contributed by atoms with van der Waals surface area (Å²) in [5.74, 6) is 0.787. The maximum atomic E-state index is 9.84. The van der Waals surface area contributed by atoms with Crippen molar-refractivity contribution in [3.05, 3.63) is 22.8 Å². The van der Waals surface area contributed by atoms with E-state index < -0.39 is 0 Å². The van der Waals surface area contributed by atoms with Gasteiger partial charge in [0, 0.05) is 0 Å². The molecule has 0 aliphatic rings. The van der Waals surface area contributed by atoms with Crippen LogP contribution < -0.4 is 10.5 Å². The number of ether oxygens (including phenoxy) is 1. The van der Waals surface area contributed by atoms with E-state index in [1.807, 2.05) is 19.9 Å². The van der Waals surface area contributed by atoms with E-state index in [0.717, 1.165) is 16.7 Å². The highest BCUT2D eigenvalue weighted by molar-refractivity contribution is 5.54. The van der Waals surface area contributed by atoms with Gasteiger partial charge >= 0.3 is 0 Å². The van der Waals surface area contributed by atoms with Crippen molar-refractivity contribution < 1.29 is 9.84 Å². The summed E-state index contributed by atoms with van der Waals surface area (Å²) in [7, 11) is 1.56. The molecule has 14 heavy (non-hydrogen) atoms. The summed E-state index contributed by atoms with van der Waals surface area (Å²) >= 11 is 0. The van der Waals surface area contributed by atoms with Crippen molar-refractivity contribution in [3.63, 3.8) is 0 Å². The van der Waals surface area contributed by atoms with Gasteiger partial charge in [0.05, 0.1) is 7.11 Å². The Kier molecular flexibility index (Phi) is 3.36. The van der Waals surface area contributed by atoms with Gasteiger partial charge in [0.25, 0.3) is 0 Å². The van der Waals surface area contributed by atoms with Crippen LogP contribution in [0.5, 0.6) is 11.5 Å². The van der Waals surface area contributed by atoms with E-state index in [4.69, 9.17) is 10.5 Å². The van der Waals surface area contributed by atoms with E-state index in [-0.39, 0.29) is 5.75 Å². The molecule has 1 aromatic carbocycles. The van der Waals surface area contributed by atoms with Crippen LogP contribution in [-0.2, 0) is 6.42 Å². The molecule has 0 saturated heterocycles. The van der Waals surface area contributed by atoms with Crippen molar-refractivity contribution >= 4 is 0 Å². The Morgan fingerprint density at radius 2 is 2.07 bits per heavy atom. The third kappa shape index (κ3) is 1.82. The number of benzene rings is 1. The average molecular weight is 195 g/mol. The zero-order chi connectivity index (χ0) is 10.7. The number of phenols is 1. The van der Waals surface area contributed by atoms with Gasteiger partial charge in [-0.05, 0) is 43.5 Å². The van der Waals surface area contributed by atoms with Crippen molar-refractivity contribution in [2.75, 3.05) is 13.7 Å². The van der Waals surface area contributed by atoms with Crippen molar-refractivity contribution in [2.24, 2.45) is 5.73 Å². The van der Waals surface area contributed by atoms with E-state index >= 15 is 0 Å². The summed E-state index contributed by atoms with van der Waals surface area (Å²) in [4.78, 5) is 0. The number of rotatable bonds is 3. The molecule has 3 N–H and O–H groups in total. The van der Waals surface area contributed by atoms with E-state index in [1.165, 1.54) is 0 Å². The number of hydrogen-bond acceptors (Lipinski definition) is 3. The molecule has 0 atom stereocenters. The van der Waals surface area contributed by atoms with Gasteiger partial charge in [0.15, 0.2) is 11.5 Å². The molecule has 0 unspecified atom stereocenters. The number of aryl methyl sites for hydroxylation is 1. The van der Waals surface area contributed by atoms with Crippen LogP contribution in [0.1, 0.15) is 16.7 Å². The molecule has 0 amide bonds. The zero-order valence-electron chi connectivity index (χ0n) is 8.92. The molecule has 0 bridgehead atoms. The van der Waals surface area contributed by atoms with Crippen LogP contribution in [0.3, 0.4) is 0 Å². The lowest BCUT2D eigenvalue weighted by atomic mass is 10.0. The molecule has 0 radical (unpaired) electrons. The van der Waals surface area contributed by atoms with Gasteiger partial charge in [0.1, 0.15) is 0 Å². The monoisotopic (exact) mass is 195 g/mol. The van der Waals surface area contributed by atoms with Crippen molar-refractivity contribution in [1.82, 2.24) is 0 Å². The van der Waals surface area contributed by atoms with Gasteiger partial charge in [-0.25, -0.2) is 0 Å². The summed E-state index contributed by atoms with van der Waals surface area (Å²) in [5.41, 5.74) is 8.40. The molecule has 0 aromatic heterocycles. The maximum Gasteiger partial charge on any atom is 0.163 e. The highest BCUT2D eigenvalue weighted by Gasteiger charge is 2.12. The van der Waals surface area contributed by atoms with Gasteiger partial charge in [-0.3, -0.25) is 0 Å². The molecule has 1 rings (SSSR count). The van der Waals surface area contributed by atoms with Crippen LogP contribution in [0.2, 0.25) is 0 Å². The Hall–Kier alpha value is -1.22. The molecule has 78 valence electrons. The number of methoxy groups -OCH3 is 1. The predicted molar refractivity (Wildman–Crippen MR) is 56.9 cm³/mol. The highest BCUT2D eigenvalue weighted by atomic mass is 16.5. The van der Waals surface area contributed by atoms with Gasteiger partial charge in [-0.1, -0.05) is 6.07 Å². The summed E-state index contributed by atoms with van der Waals surface area (Å²) in [5, 5.41) is 9.84. The average Bonchev–Trinajstić information content (AvgIpc) is 2.16. The fourth-order valence-corrected chi connectivity index (χ4v) is 1.54. The maximum absolute atomic E-state index is 9.84. The van der Waals surface area contributed by atoms with Crippen LogP contribution in [0.4, 0.5) is 0 Å². The lowest BCUT2D eigenvalue weighted by molar-refractivity contribution is 0.367. The first-order valence-corrected chi connectivity index (χ1v) is 4.68. The topological polar surface area (TPSA) is 55.5 Å². The predicted octanol–water partition coefficient (Wildman–Crippen LogP) is 1.52. The molecule has 0 aliphatic heterocycles. The first-order valence-electron chi connectivity index (χ1n) is 4.68. The van der Waals surface area contributed by atoms with Gasteiger partial charge in [0.2, 0.25) is 0 Å². The van der Waals surface area contributed by atoms with E-state index in [1.54, 1.807) is 7.11 Å². The fourth-order valence-electron chi connectivity index (χ4n) is 1.54. The first-order chi connectivity index (χ1) is 6.61. The Balaban J connectivity index is 3.27. The minimum Gasteiger partial charge on any atom is -0.504 e. The zero-order valence-corrected chi connectivity index (χ0v) is 8.92. The molecule has 1 aromatic rings. The second-order valence-corrected chi connectivity index (χ2v) is 3.40. The van der Waals surface area contributed by atoms with Crippen LogP contribution >= 0.6 is 0 Å². The Labute approximate surface area is 84.5 Å². The second-order valence-electron chi connectivity index (χ2n) is 3.40. The quantitative estimate of drug-likeness (QED) is 0.768. The van der Waals surface area contributed by atoms with E-state index in [0.29, 0.717) is 18.7 Å². The van der Waals surface area contributed by atoms with E-state index in [9.17, 15) is 5.11 Å².